The number of benzene rings is 1. The molecule has 0 aliphatic heterocycles. The van der Waals surface area contributed by atoms with Crippen LogP contribution in [-0.4, -0.2) is 5.54 Å². The highest BCUT2D eigenvalue weighted by molar-refractivity contribution is 5.19. The van der Waals surface area contributed by atoms with Gasteiger partial charge in [0.2, 0.25) is 0 Å². The maximum absolute atomic E-state index is 13.5. The summed E-state index contributed by atoms with van der Waals surface area (Å²) in [5.41, 5.74) is 0.420. The van der Waals surface area contributed by atoms with Gasteiger partial charge >= 0.3 is 0 Å². The Labute approximate surface area is 102 Å². The second-order valence-corrected chi connectivity index (χ2v) is 4.41. The Kier molecular flexibility index (Phi) is 5.06. The summed E-state index contributed by atoms with van der Waals surface area (Å²) < 4.78 is 26.5. The standard InChI is InChI=1S/C14H21F2N/c1-4-14(5-2,6-3)17-10-11-8-7-9-12(15)13(11)16/h7-9,17H,4-6,10H2,1-3H3. The number of halogens is 2. The van der Waals surface area contributed by atoms with Crippen molar-refractivity contribution in [3.8, 4) is 0 Å². The average Bonchev–Trinajstić information content (AvgIpc) is 2.36. The van der Waals surface area contributed by atoms with Gasteiger partial charge in [-0.05, 0) is 25.3 Å². The molecular formula is C14H21F2N. The van der Waals surface area contributed by atoms with Crippen molar-refractivity contribution in [3.05, 3.63) is 35.4 Å². The van der Waals surface area contributed by atoms with E-state index in [-0.39, 0.29) is 5.54 Å². The van der Waals surface area contributed by atoms with Gasteiger partial charge < -0.3 is 5.32 Å². The summed E-state index contributed by atoms with van der Waals surface area (Å²) in [5.74, 6) is -1.52. The van der Waals surface area contributed by atoms with Crippen molar-refractivity contribution in [2.75, 3.05) is 0 Å². The van der Waals surface area contributed by atoms with Crippen LogP contribution in [-0.2, 0) is 6.54 Å². The SMILES string of the molecule is CCC(CC)(CC)NCc1cccc(F)c1F. The van der Waals surface area contributed by atoms with E-state index in [0.29, 0.717) is 12.1 Å². The average molecular weight is 241 g/mol. The highest BCUT2D eigenvalue weighted by atomic mass is 19.2. The fraction of sp³-hybridized carbons (Fsp3) is 0.571. The highest BCUT2D eigenvalue weighted by Crippen LogP contribution is 2.21. The van der Waals surface area contributed by atoms with E-state index in [4.69, 9.17) is 0 Å². The minimum Gasteiger partial charge on any atom is -0.307 e. The molecule has 96 valence electrons. The molecule has 0 aliphatic rings. The number of hydrogen-bond donors (Lipinski definition) is 1. The van der Waals surface area contributed by atoms with Crippen LogP contribution in [0.15, 0.2) is 18.2 Å². The molecular weight excluding hydrogens is 220 g/mol. The lowest BCUT2D eigenvalue weighted by Crippen LogP contribution is -2.43. The summed E-state index contributed by atoms with van der Waals surface area (Å²) in [6.07, 6.45) is 2.95. The Morgan fingerprint density at radius 3 is 2.18 bits per heavy atom. The summed E-state index contributed by atoms with van der Waals surface area (Å²) in [4.78, 5) is 0. The van der Waals surface area contributed by atoms with Crippen LogP contribution >= 0.6 is 0 Å². The second kappa shape index (κ2) is 6.10. The molecule has 0 unspecified atom stereocenters. The Morgan fingerprint density at radius 1 is 1.06 bits per heavy atom. The molecule has 1 nitrogen and oxygen atoms in total. The molecule has 0 heterocycles. The summed E-state index contributed by atoms with van der Waals surface area (Å²) in [6.45, 7) is 6.71. The van der Waals surface area contributed by atoms with Crippen LogP contribution < -0.4 is 5.32 Å². The van der Waals surface area contributed by atoms with E-state index >= 15 is 0 Å². The van der Waals surface area contributed by atoms with Crippen LogP contribution in [0, 0.1) is 11.6 Å². The Balaban J connectivity index is 2.75. The van der Waals surface area contributed by atoms with Crippen molar-refractivity contribution < 1.29 is 8.78 Å². The van der Waals surface area contributed by atoms with Crippen molar-refractivity contribution in [2.45, 2.75) is 52.1 Å². The van der Waals surface area contributed by atoms with Gasteiger partial charge in [0.1, 0.15) is 0 Å². The van der Waals surface area contributed by atoms with Crippen molar-refractivity contribution in [3.63, 3.8) is 0 Å². The second-order valence-electron chi connectivity index (χ2n) is 4.41. The Morgan fingerprint density at radius 2 is 1.65 bits per heavy atom. The van der Waals surface area contributed by atoms with Crippen LogP contribution in [0.4, 0.5) is 8.78 Å². The van der Waals surface area contributed by atoms with Crippen molar-refractivity contribution in [1.82, 2.24) is 5.32 Å². The van der Waals surface area contributed by atoms with Crippen LogP contribution in [0.5, 0.6) is 0 Å². The molecule has 0 aromatic heterocycles. The van der Waals surface area contributed by atoms with E-state index in [9.17, 15) is 8.78 Å². The monoisotopic (exact) mass is 241 g/mol. The van der Waals surface area contributed by atoms with Crippen LogP contribution in [0.1, 0.15) is 45.6 Å². The zero-order valence-electron chi connectivity index (χ0n) is 10.8. The lowest BCUT2D eigenvalue weighted by molar-refractivity contribution is 0.285. The Hall–Kier alpha value is -0.960. The molecule has 3 heteroatoms. The first kappa shape index (κ1) is 14.1. The molecule has 0 atom stereocenters. The van der Waals surface area contributed by atoms with Gasteiger partial charge in [0.25, 0.3) is 0 Å². The largest absolute Gasteiger partial charge is 0.307 e. The normalized spacial score (nSPS) is 11.8. The van der Waals surface area contributed by atoms with E-state index in [2.05, 4.69) is 26.1 Å². The van der Waals surface area contributed by atoms with Crippen LogP contribution in [0.25, 0.3) is 0 Å². The maximum Gasteiger partial charge on any atom is 0.163 e. The third kappa shape index (κ3) is 3.25. The molecule has 0 bridgehead atoms. The molecule has 0 spiro atoms. The summed E-state index contributed by atoms with van der Waals surface area (Å²) in [7, 11) is 0. The van der Waals surface area contributed by atoms with Gasteiger partial charge in [-0.1, -0.05) is 32.9 Å². The molecule has 0 saturated carbocycles. The first-order chi connectivity index (χ1) is 8.08. The first-order valence-corrected chi connectivity index (χ1v) is 6.26. The van der Waals surface area contributed by atoms with Gasteiger partial charge in [0.15, 0.2) is 11.6 Å². The molecule has 1 N–H and O–H groups in total. The van der Waals surface area contributed by atoms with E-state index in [1.54, 1.807) is 12.1 Å². The third-order valence-corrected chi connectivity index (χ3v) is 3.72. The predicted octanol–water partition coefficient (Wildman–Crippen LogP) is 4.02. The summed E-state index contributed by atoms with van der Waals surface area (Å²) in [5, 5.41) is 3.36. The van der Waals surface area contributed by atoms with Crippen molar-refractivity contribution in [1.29, 1.82) is 0 Å². The number of hydrogen-bond acceptors (Lipinski definition) is 1. The van der Waals surface area contributed by atoms with Crippen LogP contribution in [0.3, 0.4) is 0 Å². The molecule has 0 aliphatic carbocycles. The molecule has 0 radical (unpaired) electrons. The predicted molar refractivity (Wildman–Crippen MR) is 66.8 cm³/mol. The lowest BCUT2D eigenvalue weighted by Gasteiger charge is -2.32. The molecule has 0 fully saturated rings. The smallest absolute Gasteiger partial charge is 0.163 e. The van der Waals surface area contributed by atoms with E-state index in [1.807, 2.05) is 0 Å². The van der Waals surface area contributed by atoms with Crippen molar-refractivity contribution >= 4 is 0 Å². The number of nitrogens with one attached hydrogen (secondary N) is 1. The highest BCUT2D eigenvalue weighted by Gasteiger charge is 2.23. The summed E-state index contributed by atoms with van der Waals surface area (Å²) >= 11 is 0. The molecule has 17 heavy (non-hydrogen) atoms. The topological polar surface area (TPSA) is 12.0 Å². The third-order valence-electron chi connectivity index (χ3n) is 3.72. The number of rotatable bonds is 6. The van der Waals surface area contributed by atoms with Gasteiger partial charge in [-0.2, -0.15) is 0 Å². The van der Waals surface area contributed by atoms with Crippen LogP contribution in [0.2, 0.25) is 0 Å². The van der Waals surface area contributed by atoms with E-state index in [1.165, 1.54) is 0 Å². The van der Waals surface area contributed by atoms with Gasteiger partial charge in [-0.25, -0.2) is 8.78 Å². The Bertz CT molecular complexity index is 351. The first-order valence-electron chi connectivity index (χ1n) is 6.26. The molecule has 1 rings (SSSR count). The molecule has 1 aromatic rings. The van der Waals surface area contributed by atoms with E-state index < -0.39 is 11.6 Å². The molecule has 0 amide bonds. The quantitative estimate of drug-likeness (QED) is 0.793. The minimum absolute atomic E-state index is 0.0265. The zero-order valence-corrected chi connectivity index (χ0v) is 10.8. The van der Waals surface area contributed by atoms with E-state index in [0.717, 1.165) is 25.3 Å². The molecule has 0 saturated heterocycles. The van der Waals surface area contributed by atoms with Gasteiger partial charge in [0.05, 0.1) is 0 Å². The fourth-order valence-electron chi connectivity index (χ4n) is 2.09. The van der Waals surface area contributed by atoms with Gasteiger partial charge in [-0.3, -0.25) is 0 Å². The van der Waals surface area contributed by atoms with Gasteiger partial charge in [0, 0.05) is 17.6 Å². The fourth-order valence-corrected chi connectivity index (χ4v) is 2.09. The van der Waals surface area contributed by atoms with Crippen molar-refractivity contribution in [2.24, 2.45) is 0 Å². The minimum atomic E-state index is -0.778. The molecule has 1 aromatic carbocycles. The zero-order chi connectivity index (χ0) is 12.9. The lowest BCUT2D eigenvalue weighted by atomic mass is 9.89. The summed E-state index contributed by atoms with van der Waals surface area (Å²) in [6, 6.07) is 4.31. The van der Waals surface area contributed by atoms with Gasteiger partial charge in [-0.15, -0.1) is 0 Å². The maximum atomic E-state index is 13.5.